The lowest BCUT2D eigenvalue weighted by molar-refractivity contribution is -0.144. The first-order chi connectivity index (χ1) is 16.7. The number of methoxy groups -OCH3 is 1. The van der Waals surface area contributed by atoms with Crippen LogP contribution in [0.1, 0.15) is 63.0 Å². The second kappa shape index (κ2) is 10.5. The highest BCUT2D eigenvalue weighted by Crippen LogP contribution is 2.46. The minimum atomic E-state index is -0.582. The molecule has 184 valence electrons. The monoisotopic (exact) mass is 513 g/mol. The molecule has 0 spiro atoms. The van der Waals surface area contributed by atoms with E-state index in [1.165, 1.54) is 0 Å². The van der Waals surface area contributed by atoms with Crippen molar-refractivity contribution in [2.24, 2.45) is 0 Å². The van der Waals surface area contributed by atoms with Crippen molar-refractivity contribution < 1.29 is 19.1 Å². The van der Waals surface area contributed by atoms with Gasteiger partial charge in [-0.05, 0) is 68.0 Å². The van der Waals surface area contributed by atoms with E-state index in [4.69, 9.17) is 32.7 Å². The number of ketones is 1. The topological polar surface area (TPSA) is 64.6 Å². The number of carbonyl (C=O) groups excluding carboxylic acids is 2. The summed E-state index contributed by atoms with van der Waals surface area (Å²) in [6.07, 6.45) is 1.45. The molecule has 3 atom stereocenters. The largest absolute Gasteiger partial charge is 0.497 e. The summed E-state index contributed by atoms with van der Waals surface area (Å²) in [5.41, 5.74) is 4.34. The van der Waals surface area contributed by atoms with Gasteiger partial charge in [-0.15, -0.1) is 0 Å². The lowest BCUT2D eigenvalue weighted by Gasteiger charge is -2.37. The average molecular weight is 514 g/mol. The molecule has 0 bridgehead atoms. The molecule has 2 aromatic rings. The number of allylic oxidation sites excluding steroid dienone is 3. The molecule has 4 rings (SSSR count). The highest BCUT2D eigenvalue weighted by atomic mass is 35.5. The summed E-state index contributed by atoms with van der Waals surface area (Å²) < 4.78 is 11.0. The minimum absolute atomic E-state index is 0.00280. The summed E-state index contributed by atoms with van der Waals surface area (Å²) in [5, 5.41) is 4.16. The molecule has 0 fully saturated rings. The van der Waals surface area contributed by atoms with Crippen molar-refractivity contribution in [2.45, 2.75) is 58.0 Å². The SMILES string of the molecule is CC[C@H](C)OC(=O)C1=C(C)NC2=C(C(=O)C[C@@H](c3ccc(OC)cc3)C2)[C@@H]1c1ccc(Cl)c(Cl)c1. The zero-order chi connectivity index (χ0) is 25.3. The van der Waals surface area contributed by atoms with Crippen LogP contribution in [0.25, 0.3) is 0 Å². The molecule has 0 aromatic heterocycles. The maximum atomic E-state index is 13.7. The van der Waals surface area contributed by atoms with Gasteiger partial charge in [0.1, 0.15) is 5.75 Å². The normalized spacial score (nSPS) is 20.8. The number of dihydropyridines is 1. The van der Waals surface area contributed by atoms with Gasteiger partial charge in [-0.25, -0.2) is 4.79 Å². The number of benzene rings is 2. The first-order valence-electron chi connectivity index (χ1n) is 11.8. The molecule has 2 aromatic carbocycles. The number of esters is 1. The molecule has 2 aliphatic rings. The van der Waals surface area contributed by atoms with Crippen LogP contribution in [0.15, 0.2) is 65.0 Å². The maximum absolute atomic E-state index is 13.7. The molecule has 1 heterocycles. The third kappa shape index (κ3) is 5.12. The molecular formula is C28H29Cl2NO4. The van der Waals surface area contributed by atoms with E-state index in [-0.39, 0.29) is 17.8 Å². The van der Waals surface area contributed by atoms with Gasteiger partial charge in [0.2, 0.25) is 0 Å². The van der Waals surface area contributed by atoms with Crippen molar-refractivity contribution in [1.29, 1.82) is 0 Å². The third-order valence-electron chi connectivity index (χ3n) is 6.79. The molecule has 0 saturated carbocycles. The molecule has 7 heteroatoms. The molecule has 0 unspecified atom stereocenters. The van der Waals surface area contributed by atoms with Gasteiger partial charge in [-0.1, -0.05) is 48.3 Å². The minimum Gasteiger partial charge on any atom is -0.497 e. The Morgan fingerprint density at radius 1 is 1.09 bits per heavy atom. The van der Waals surface area contributed by atoms with E-state index in [0.717, 1.165) is 22.6 Å². The van der Waals surface area contributed by atoms with E-state index in [9.17, 15) is 9.59 Å². The van der Waals surface area contributed by atoms with Crippen molar-refractivity contribution in [1.82, 2.24) is 5.32 Å². The smallest absolute Gasteiger partial charge is 0.337 e. The predicted molar refractivity (Wildman–Crippen MR) is 138 cm³/mol. The number of hydrogen-bond donors (Lipinski definition) is 1. The highest BCUT2D eigenvalue weighted by molar-refractivity contribution is 6.42. The van der Waals surface area contributed by atoms with E-state index in [1.54, 1.807) is 19.2 Å². The Bertz CT molecular complexity index is 1220. The quantitative estimate of drug-likeness (QED) is 0.435. The number of hydrogen-bond acceptors (Lipinski definition) is 5. The lowest BCUT2D eigenvalue weighted by atomic mass is 9.71. The zero-order valence-corrected chi connectivity index (χ0v) is 21.8. The molecule has 35 heavy (non-hydrogen) atoms. The van der Waals surface area contributed by atoms with Crippen molar-refractivity contribution in [3.05, 3.63) is 86.2 Å². The Balaban J connectivity index is 1.77. The van der Waals surface area contributed by atoms with Crippen LogP contribution in [0.5, 0.6) is 5.75 Å². The van der Waals surface area contributed by atoms with E-state index in [0.29, 0.717) is 46.2 Å². The Kier molecular flexibility index (Phi) is 7.58. The third-order valence-corrected chi connectivity index (χ3v) is 7.53. The summed E-state index contributed by atoms with van der Waals surface area (Å²) in [6, 6.07) is 13.1. The molecule has 5 nitrogen and oxygen atoms in total. The van der Waals surface area contributed by atoms with Gasteiger partial charge in [0.15, 0.2) is 5.78 Å². The van der Waals surface area contributed by atoms with Crippen LogP contribution in [0.4, 0.5) is 0 Å². The molecule has 0 radical (unpaired) electrons. The Hall–Kier alpha value is -2.76. The number of ether oxygens (including phenoxy) is 2. The van der Waals surface area contributed by atoms with E-state index >= 15 is 0 Å². The van der Waals surface area contributed by atoms with Crippen molar-refractivity contribution in [2.75, 3.05) is 7.11 Å². The number of nitrogens with one attached hydrogen (secondary N) is 1. The Morgan fingerprint density at radius 3 is 2.40 bits per heavy atom. The predicted octanol–water partition coefficient (Wildman–Crippen LogP) is 6.71. The van der Waals surface area contributed by atoms with Crippen LogP contribution in [0, 0.1) is 0 Å². The number of Topliss-reactive ketones (excluding diaryl/α,β-unsaturated/α-hetero) is 1. The maximum Gasteiger partial charge on any atom is 0.337 e. The number of halogens is 2. The molecule has 1 N–H and O–H groups in total. The van der Waals surface area contributed by atoms with Crippen LogP contribution in [0.3, 0.4) is 0 Å². The summed E-state index contributed by atoms with van der Waals surface area (Å²) in [4.78, 5) is 27.0. The average Bonchev–Trinajstić information content (AvgIpc) is 2.84. The van der Waals surface area contributed by atoms with Crippen molar-refractivity contribution in [3.8, 4) is 5.75 Å². The second-order valence-corrected chi connectivity index (χ2v) is 9.90. The van der Waals surface area contributed by atoms with Crippen LogP contribution in [0.2, 0.25) is 10.0 Å². The fraction of sp³-hybridized carbons (Fsp3) is 0.357. The van der Waals surface area contributed by atoms with Crippen LogP contribution in [-0.4, -0.2) is 25.0 Å². The van der Waals surface area contributed by atoms with E-state index in [2.05, 4.69) is 5.32 Å². The first kappa shape index (κ1) is 25.3. The second-order valence-electron chi connectivity index (χ2n) is 9.09. The Labute approximate surface area is 216 Å². The standard InChI is InChI=1S/C28H29Cl2NO4/c1-5-15(2)35-28(33)25-16(3)31-23-13-19(17-6-9-20(34-4)10-7-17)14-24(32)27(23)26(25)18-8-11-21(29)22(30)12-18/h6-12,15,19,26,31H,5,13-14H2,1-4H3/t15-,19-,26+/m0/s1. The molecule has 1 aliphatic carbocycles. The first-order valence-corrected chi connectivity index (χ1v) is 12.5. The highest BCUT2D eigenvalue weighted by Gasteiger charge is 2.41. The number of carbonyl (C=O) groups is 2. The summed E-state index contributed by atoms with van der Waals surface area (Å²) in [7, 11) is 1.63. The van der Waals surface area contributed by atoms with E-state index in [1.807, 2.05) is 51.1 Å². The van der Waals surface area contributed by atoms with E-state index < -0.39 is 11.9 Å². The summed E-state index contributed by atoms with van der Waals surface area (Å²) in [5.74, 6) is -0.221. The van der Waals surface area contributed by atoms with Gasteiger partial charge < -0.3 is 14.8 Å². The molecule has 1 aliphatic heterocycles. The van der Waals surface area contributed by atoms with Crippen LogP contribution >= 0.6 is 23.2 Å². The fourth-order valence-corrected chi connectivity index (χ4v) is 5.08. The van der Waals surface area contributed by atoms with Gasteiger partial charge in [-0.2, -0.15) is 0 Å². The van der Waals surface area contributed by atoms with Crippen molar-refractivity contribution >= 4 is 35.0 Å². The summed E-state index contributed by atoms with van der Waals surface area (Å²) >= 11 is 12.5. The summed E-state index contributed by atoms with van der Waals surface area (Å²) in [6.45, 7) is 5.66. The van der Waals surface area contributed by atoms with Crippen molar-refractivity contribution in [3.63, 3.8) is 0 Å². The molecule has 0 amide bonds. The molecule has 0 saturated heterocycles. The lowest BCUT2D eigenvalue weighted by Crippen LogP contribution is -2.36. The molecular weight excluding hydrogens is 485 g/mol. The van der Waals surface area contributed by atoms with Gasteiger partial charge in [-0.3, -0.25) is 4.79 Å². The fourth-order valence-electron chi connectivity index (χ4n) is 4.78. The van der Waals surface area contributed by atoms with Crippen LogP contribution in [-0.2, 0) is 14.3 Å². The Morgan fingerprint density at radius 2 is 1.77 bits per heavy atom. The van der Waals surface area contributed by atoms with Gasteiger partial charge in [0.05, 0.1) is 28.8 Å². The number of rotatable bonds is 6. The van der Waals surface area contributed by atoms with Gasteiger partial charge in [0.25, 0.3) is 0 Å². The van der Waals surface area contributed by atoms with Gasteiger partial charge in [0, 0.05) is 29.3 Å². The van der Waals surface area contributed by atoms with Gasteiger partial charge >= 0.3 is 5.97 Å². The van der Waals surface area contributed by atoms with Crippen LogP contribution < -0.4 is 10.1 Å². The zero-order valence-electron chi connectivity index (χ0n) is 20.3.